The van der Waals surface area contributed by atoms with E-state index in [4.69, 9.17) is 19.0 Å². The maximum Gasteiger partial charge on any atom is 0.494 e. The van der Waals surface area contributed by atoms with Crippen LogP contribution in [0.3, 0.4) is 0 Å². The molecule has 41 heavy (non-hydrogen) atoms. The number of thioether (sulfide) groups is 1. The topological polar surface area (TPSA) is 118 Å². The Hall–Kier alpha value is -2.15. The SMILES string of the molecule is C[C@H]1OC[C@]2(c3cc(B4OC(C)(C)C(C)(C)O4)ccc3F)N=C(N(C(=O)O)C(=O)O)SC(C(C)(C)C)(C(C)(C)C)[C@H]12. The monoisotopic (exact) mass is 592 g/mol. The number of hydrogen-bond acceptors (Lipinski definition) is 7. The molecule has 2 N–H and O–H groups in total. The molecule has 3 heterocycles. The largest absolute Gasteiger partial charge is 0.494 e. The molecule has 1 aromatic carbocycles. The van der Waals surface area contributed by atoms with Crippen LogP contribution >= 0.6 is 11.8 Å². The predicted molar refractivity (Wildman–Crippen MR) is 157 cm³/mol. The molecule has 226 valence electrons. The van der Waals surface area contributed by atoms with Crippen LogP contribution in [0.25, 0.3) is 0 Å². The number of nitrogens with zero attached hydrogens (tertiary/aromatic N) is 2. The fraction of sp³-hybridized carbons (Fsp3) is 0.690. The zero-order valence-corrected chi connectivity index (χ0v) is 26.6. The van der Waals surface area contributed by atoms with Crippen LogP contribution in [0.2, 0.25) is 0 Å². The van der Waals surface area contributed by atoms with Gasteiger partial charge in [0.1, 0.15) is 11.4 Å². The summed E-state index contributed by atoms with van der Waals surface area (Å²) in [6, 6.07) is 4.60. The van der Waals surface area contributed by atoms with Gasteiger partial charge in [0.15, 0.2) is 5.17 Å². The molecular weight excluding hydrogens is 550 g/mol. The van der Waals surface area contributed by atoms with Crippen LogP contribution < -0.4 is 5.46 Å². The maximum absolute atomic E-state index is 16.1. The standard InChI is InChI=1S/C29H42BFN2O7S/c1-16-20-28(15-38-16,18-14-17(12-13-19(18)31)30-39-26(8,9)27(10,11)40-30)32-21(33(22(34)35)23(36)37)41-29(20,24(2,3)4)25(5,6)7/h12-14,16,20H,15H2,1-11H3,(H,34,35)(H,36,37)/t16-,20-,28-/m1/s1. The highest BCUT2D eigenvalue weighted by atomic mass is 32.2. The van der Waals surface area contributed by atoms with Crippen LogP contribution in [0.5, 0.6) is 0 Å². The van der Waals surface area contributed by atoms with Crippen LogP contribution in [-0.2, 0) is 19.6 Å². The summed E-state index contributed by atoms with van der Waals surface area (Å²) in [5.41, 5.74) is -3.01. The number of hydrogen-bond donors (Lipinski definition) is 2. The quantitative estimate of drug-likeness (QED) is 0.405. The lowest BCUT2D eigenvalue weighted by atomic mass is 9.54. The average molecular weight is 593 g/mol. The number of amidine groups is 1. The summed E-state index contributed by atoms with van der Waals surface area (Å²) >= 11 is 1.13. The fourth-order valence-corrected chi connectivity index (χ4v) is 8.88. The molecule has 1 aromatic rings. The zero-order valence-electron chi connectivity index (χ0n) is 25.8. The molecule has 12 heteroatoms. The summed E-state index contributed by atoms with van der Waals surface area (Å²) in [4.78, 5) is 29.6. The number of fused-ring (bicyclic) bond motifs is 1. The number of aliphatic imine (C=N–C) groups is 1. The number of carboxylic acid groups (broad SMARTS) is 2. The van der Waals surface area contributed by atoms with E-state index in [2.05, 4.69) is 0 Å². The zero-order chi connectivity index (χ0) is 31.1. The van der Waals surface area contributed by atoms with Gasteiger partial charge in [-0.2, -0.15) is 4.90 Å². The summed E-state index contributed by atoms with van der Waals surface area (Å²) in [6.45, 7) is 21.8. The molecule has 0 bridgehead atoms. The van der Waals surface area contributed by atoms with Crippen molar-refractivity contribution in [1.29, 1.82) is 0 Å². The first-order valence-electron chi connectivity index (χ1n) is 13.8. The second-order valence-electron chi connectivity index (χ2n) is 14.4. The Bertz CT molecular complexity index is 1240. The van der Waals surface area contributed by atoms with E-state index in [0.29, 0.717) is 5.46 Å². The summed E-state index contributed by atoms with van der Waals surface area (Å²) in [7, 11) is -0.778. The minimum Gasteiger partial charge on any atom is -0.464 e. The van der Waals surface area contributed by atoms with Crippen molar-refractivity contribution in [3.8, 4) is 0 Å². The van der Waals surface area contributed by atoms with Crippen molar-refractivity contribution in [1.82, 2.24) is 4.90 Å². The summed E-state index contributed by atoms with van der Waals surface area (Å²) in [5, 5.41) is 19.7. The molecule has 4 rings (SSSR count). The fourth-order valence-electron chi connectivity index (χ4n) is 7.01. The third-order valence-corrected chi connectivity index (χ3v) is 11.6. The third kappa shape index (κ3) is 4.69. The Morgan fingerprint density at radius 1 is 1.02 bits per heavy atom. The van der Waals surface area contributed by atoms with Crippen molar-refractivity contribution in [2.75, 3.05) is 6.61 Å². The first-order chi connectivity index (χ1) is 18.5. The molecule has 0 spiro atoms. The number of ether oxygens (including phenoxy) is 1. The number of carbonyl (C=O) groups is 2. The highest BCUT2D eigenvalue weighted by Gasteiger charge is 2.70. The molecule has 3 aliphatic heterocycles. The van der Waals surface area contributed by atoms with Gasteiger partial charge in [0.05, 0.1) is 23.9 Å². The van der Waals surface area contributed by atoms with Crippen molar-refractivity contribution in [3.63, 3.8) is 0 Å². The Morgan fingerprint density at radius 3 is 2.00 bits per heavy atom. The molecule has 0 aromatic heterocycles. The summed E-state index contributed by atoms with van der Waals surface area (Å²) < 4.78 is 34.1. The van der Waals surface area contributed by atoms with Crippen molar-refractivity contribution in [2.24, 2.45) is 21.7 Å². The summed E-state index contributed by atoms with van der Waals surface area (Å²) in [6.07, 6.45) is -3.78. The minimum atomic E-state index is -1.69. The van der Waals surface area contributed by atoms with Crippen LogP contribution in [0, 0.1) is 22.6 Å². The smallest absolute Gasteiger partial charge is 0.464 e. The first-order valence-corrected chi connectivity index (χ1v) is 14.7. The maximum atomic E-state index is 16.1. The Labute approximate surface area is 246 Å². The van der Waals surface area contributed by atoms with Crippen molar-refractivity contribution < 1.29 is 38.2 Å². The molecule has 0 radical (unpaired) electrons. The lowest BCUT2D eigenvalue weighted by Crippen LogP contribution is -2.66. The van der Waals surface area contributed by atoms with Gasteiger partial charge in [-0.1, -0.05) is 65.4 Å². The van der Waals surface area contributed by atoms with Crippen LogP contribution in [0.4, 0.5) is 14.0 Å². The van der Waals surface area contributed by atoms with E-state index in [1.165, 1.54) is 6.07 Å². The second kappa shape index (κ2) is 9.69. The number of halogens is 1. The van der Waals surface area contributed by atoms with E-state index >= 15 is 4.39 Å². The van der Waals surface area contributed by atoms with Gasteiger partial charge in [-0.05, 0) is 57.0 Å². The van der Waals surface area contributed by atoms with E-state index in [9.17, 15) is 19.8 Å². The Morgan fingerprint density at radius 2 is 1.54 bits per heavy atom. The number of benzene rings is 1. The van der Waals surface area contributed by atoms with E-state index in [1.54, 1.807) is 12.1 Å². The van der Waals surface area contributed by atoms with Gasteiger partial charge in [0.25, 0.3) is 0 Å². The molecule has 0 saturated carbocycles. The lowest BCUT2D eigenvalue weighted by molar-refractivity contribution is 0.00578. The predicted octanol–water partition coefficient (Wildman–Crippen LogP) is 5.95. The van der Waals surface area contributed by atoms with Crippen LogP contribution in [0.1, 0.15) is 81.7 Å². The Kier molecular flexibility index (Phi) is 7.51. The van der Waals surface area contributed by atoms with E-state index in [1.807, 2.05) is 76.2 Å². The number of rotatable bonds is 2. The molecule has 2 amide bonds. The van der Waals surface area contributed by atoms with Crippen molar-refractivity contribution in [2.45, 2.75) is 104 Å². The average Bonchev–Trinajstić information content (AvgIpc) is 3.24. The van der Waals surface area contributed by atoms with Gasteiger partial charge in [-0.3, -0.25) is 0 Å². The number of amides is 2. The van der Waals surface area contributed by atoms with Gasteiger partial charge < -0.3 is 24.3 Å². The third-order valence-electron chi connectivity index (χ3n) is 9.32. The van der Waals surface area contributed by atoms with E-state index in [0.717, 1.165) is 11.8 Å². The minimum absolute atomic E-state index is 0.0619. The molecule has 0 aliphatic carbocycles. The molecule has 2 saturated heterocycles. The second-order valence-corrected chi connectivity index (χ2v) is 15.6. The highest BCUT2D eigenvalue weighted by Crippen LogP contribution is 2.67. The van der Waals surface area contributed by atoms with Gasteiger partial charge in [-0.25, -0.2) is 19.0 Å². The van der Waals surface area contributed by atoms with Crippen molar-refractivity contribution >= 4 is 41.7 Å². The van der Waals surface area contributed by atoms with Crippen LogP contribution in [-0.4, -0.2) is 68.2 Å². The van der Waals surface area contributed by atoms with E-state index in [-0.39, 0.29) is 22.2 Å². The van der Waals surface area contributed by atoms with Crippen LogP contribution in [0.15, 0.2) is 23.2 Å². The van der Waals surface area contributed by atoms with E-state index < -0.39 is 69.5 Å². The van der Waals surface area contributed by atoms with Gasteiger partial charge in [-0.15, -0.1) is 0 Å². The molecule has 9 nitrogen and oxygen atoms in total. The molecule has 3 atom stereocenters. The van der Waals surface area contributed by atoms with Gasteiger partial charge in [0, 0.05) is 16.2 Å². The molecule has 0 unspecified atom stereocenters. The Balaban J connectivity index is 2.05. The first kappa shape index (κ1) is 31.8. The molecule has 3 aliphatic rings. The summed E-state index contributed by atoms with van der Waals surface area (Å²) in [5.74, 6) is -1.02. The molecular formula is C29H42BFN2O7S. The normalized spacial score (nSPS) is 28.7. The molecule has 2 fully saturated rings. The highest BCUT2D eigenvalue weighted by molar-refractivity contribution is 8.15. The van der Waals surface area contributed by atoms with Crippen molar-refractivity contribution in [3.05, 3.63) is 29.6 Å². The lowest BCUT2D eigenvalue weighted by Gasteiger charge is -2.61. The van der Waals surface area contributed by atoms with Gasteiger partial charge in [0.2, 0.25) is 0 Å². The van der Waals surface area contributed by atoms with Gasteiger partial charge >= 0.3 is 19.3 Å². The number of imide groups is 1.